The Kier molecular flexibility index (Phi) is 5.12. The van der Waals surface area contributed by atoms with Crippen molar-refractivity contribution in [3.63, 3.8) is 0 Å². The number of hydrogen-bond donors (Lipinski definition) is 1. The fourth-order valence-corrected chi connectivity index (χ4v) is 5.03. The highest BCUT2D eigenvalue weighted by Crippen LogP contribution is 2.33. The third kappa shape index (κ3) is 3.29. The van der Waals surface area contributed by atoms with Gasteiger partial charge in [0.1, 0.15) is 16.6 Å². The van der Waals surface area contributed by atoms with E-state index in [9.17, 15) is 9.59 Å². The molecule has 0 unspecified atom stereocenters. The summed E-state index contributed by atoms with van der Waals surface area (Å²) >= 11 is 7.71. The van der Waals surface area contributed by atoms with Crippen LogP contribution in [-0.4, -0.2) is 22.6 Å². The number of rotatable bonds is 4. The molecular formula is C20H20ClN3O3S. The number of carbonyl (C=O) groups excluding carboxylic acids is 1. The molecule has 0 radical (unpaired) electrons. The average molecular weight is 418 g/mol. The van der Waals surface area contributed by atoms with Crippen LogP contribution in [0.4, 0.5) is 5.69 Å². The van der Waals surface area contributed by atoms with Crippen LogP contribution in [0, 0.1) is 0 Å². The fourth-order valence-electron chi connectivity index (χ4n) is 3.55. The van der Waals surface area contributed by atoms with E-state index in [-0.39, 0.29) is 11.5 Å². The van der Waals surface area contributed by atoms with E-state index in [1.807, 2.05) is 0 Å². The Labute approximate surface area is 171 Å². The number of methoxy groups -OCH3 is 1. The molecule has 0 bridgehead atoms. The lowest BCUT2D eigenvalue weighted by Gasteiger charge is -2.16. The maximum Gasteiger partial charge on any atom is 0.263 e. The van der Waals surface area contributed by atoms with Crippen LogP contribution < -0.4 is 15.6 Å². The van der Waals surface area contributed by atoms with Crippen molar-refractivity contribution in [2.24, 2.45) is 0 Å². The van der Waals surface area contributed by atoms with Crippen molar-refractivity contribution in [1.29, 1.82) is 0 Å². The third-order valence-electron chi connectivity index (χ3n) is 5.12. The van der Waals surface area contributed by atoms with Gasteiger partial charge < -0.3 is 10.1 Å². The fraction of sp³-hybridized carbons (Fsp3) is 0.350. The zero-order chi connectivity index (χ0) is 19.8. The lowest BCUT2D eigenvalue weighted by Crippen LogP contribution is -2.32. The van der Waals surface area contributed by atoms with E-state index in [4.69, 9.17) is 16.3 Å². The van der Waals surface area contributed by atoms with Gasteiger partial charge in [-0.2, -0.15) is 0 Å². The van der Waals surface area contributed by atoms with E-state index < -0.39 is 6.04 Å². The number of ether oxygens (including phenoxy) is 1. The van der Waals surface area contributed by atoms with E-state index in [0.29, 0.717) is 21.8 Å². The Morgan fingerprint density at radius 2 is 2.14 bits per heavy atom. The van der Waals surface area contributed by atoms with Crippen LogP contribution in [0.1, 0.15) is 36.2 Å². The molecule has 2 heterocycles. The van der Waals surface area contributed by atoms with Gasteiger partial charge in [-0.05, 0) is 56.4 Å². The monoisotopic (exact) mass is 417 g/mol. The number of fused-ring (bicyclic) bond motifs is 3. The minimum Gasteiger partial charge on any atom is -0.495 e. The van der Waals surface area contributed by atoms with Crippen molar-refractivity contribution in [1.82, 2.24) is 9.55 Å². The smallest absolute Gasteiger partial charge is 0.263 e. The number of halogens is 1. The summed E-state index contributed by atoms with van der Waals surface area (Å²) in [7, 11) is 1.53. The van der Waals surface area contributed by atoms with Gasteiger partial charge in [0.25, 0.3) is 5.56 Å². The Balaban J connectivity index is 1.64. The standard InChI is InChI=1S/C20H20ClN3O3S/c1-11(18(25)23-12-7-8-15(27-2)14(21)9-12)24-10-22-19-17(20(24)26)13-5-3-4-6-16(13)28-19/h7-11H,3-6H2,1-2H3,(H,23,25)/t11-/m0/s1. The summed E-state index contributed by atoms with van der Waals surface area (Å²) in [5, 5.41) is 3.88. The number of thiophene rings is 1. The Morgan fingerprint density at radius 1 is 1.36 bits per heavy atom. The molecule has 1 amide bonds. The maximum atomic E-state index is 13.1. The van der Waals surface area contributed by atoms with Gasteiger partial charge in [-0.1, -0.05) is 11.6 Å². The van der Waals surface area contributed by atoms with Gasteiger partial charge in [0.05, 0.1) is 23.8 Å². The molecule has 0 saturated heterocycles. The number of aromatic nitrogens is 2. The van der Waals surface area contributed by atoms with Crippen LogP contribution in [0.25, 0.3) is 10.2 Å². The maximum absolute atomic E-state index is 13.1. The van der Waals surface area contributed by atoms with Crippen molar-refractivity contribution in [3.05, 3.63) is 50.3 Å². The molecule has 4 rings (SSSR count). The third-order valence-corrected chi connectivity index (χ3v) is 6.61. The number of nitrogens with one attached hydrogen (secondary N) is 1. The first kappa shape index (κ1) is 19.0. The van der Waals surface area contributed by atoms with Crippen LogP contribution in [0.2, 0.25) is 5.02 Å². The van der Waals surface area contributed by atoms with Crippen molar-refractivity contribution < 1.29 is 9.53 Å². The summed E-state index contributed by atoms with van der Waals surface area (Å²) in [6, 6.07) is 4.30. The molecule has 0 saturated carbocycles. The number of hydrogen-bond acceptors (Lipinski definition) is 5. The second-order valence-corrected chi connectivity index (χ2v) is 8.35. The Bertz CT molecular complexity index is 1120. The average Bonchev–Trinajstić information content (AvgIpc) is 3.07. The number of nitrogens with zero attached hydrogens (tertiary/aromatic N) is 2. The molecule has 6 nitrogen and oxygen atoms in total. The number of anilines is 1. The van der Waals surface area contributed by atoms with E-state index in [0.717, 1.165) is 36.1 Å². The van der Waals surface area contributed by atoms with Crippen molar-refractivity contribution in [2.45, 2.75) is 38.6 Å². The van der Waals surface area contributed by atoms with Crippen LogP contribution in [0.3, 0.4) is 0 Å². The number of carbonyl (C=O) groups is 1. The molecule has 8 heteroatoms. The molecule has 2 aromatic heterocycles. The lowest BCUT2D eigenvalue weighted by molar-refractivity contribution is -0.118. The SMILES string of the molecule is COc1ccc(NC(=O)[C@H](C)n2cnc3sc4c(c3c2=O)CCCC4)cc1Cl. The van der Waals surface area contributed by atoms with Crippen molar-refractivity contribution in [3.8, 4) is 5.75 Å². The topological polar surface area (TPSA) is 73.2 Å². The van der Waals surface area contributed by atoms with Crippen molar-refractivity contribution in [2.75, 3.05) is 12.4 Å². The van der Waals surface area contributed by atoms with Gasteiger partial charge >= 0.3 is 0 Å². The first-order valence-corrected chi connectivity index (χ1v) is 10.3. The second kappa shape index (κ2) is 7.56. The molecule has 1 atom stereocenters. The quantitative estimate of drug-likeness (QED) is 0.690. The molecule has 146 valence electrons. The predicted molar refractivity (Wildman–Crippen MR) is 112 cm³/mol. The van der Waals surface area contributed by atoms with Gasteiger partial charge in [-0.25, -0.2) is 4.98 Å². The predicted octanol–water partition coefficient (Wildman–Crippen LogP) is 4.20. The van der Waals surface area contributed by atoms with Gasteiger partial charge in [-0.3, -0.25) is 14.2 Å². The van der Waals surface area contributed by atoms with E-state index in [1.54, 1.807) is 36.5 Å². The highest BCUT2D eigenvalue weighted by Gasteiger charge is 2.23. The van der Waals surface area contributed by atoms with Crippen LogP contribution in [-0.2, 0) is 17.6 Å². The van der Waals surface area contributed by atoms with E-state index in [2.05, 4.69) is 10.3 Å². The molecular weight excluding hydrogens is 398 g/mol. The molecule has 1 aliphatic carbocycles. The summed E-state index contributed by atoms with van der Waals surface area (Å²) in [6.07, 6.45) is 5.61. The molecule has 1 N–H and O–H groups in total. The highest BCUT2D eigenvalue weighted by atomic mass is 35.5. The highest BCUT2D eigenvalue weighted by molar-refractivity contribution is 7.18. The van der Waals surface area contributed by atoms with Crippen LogP contribution >= 0.6 is 22.9 Å². The molecule has 1 aliphatic rings. The van der Waals surface area contributed by atoms with Gasteiger partial charge in [0.15, 0.2) is 0 Å². The molecule has 28 heavy (non-hydrogen) atoms. The van der Waals surface area contributed by atoms with Gasteiger partial charge in [-0.15, -0.1) is 11.3 Å². The molecule has 0 aliphatic heterocycles. The largest absolute Gasteiger partial charge is 0.495 e. The minimum absolute atomic E-state index is 0.153. The first-order chi connectivity index (χ1) is 13.5. The number of benzene rings is 1. The number of amides is 1. The molecule has 0 fully saturated rings. The van der Waals surface area contributed by atoms with Gasteiger partial charge in [0, 0.05) is 10.6 Å². The summed E-state index contributed by atoms with van der Waals surface area (Å²) in [6.45, 7) is 1.69. The normalized spacial score (nSPS) is 14.5. The first-order valence-electron chi connectivity index (χ1n) is 9.15. The summed E-state index contributed by atoms with van der Waals surface area (Å²) in [4.78, 5) is 32.3. The Morgan fingerprint density at radius 3 is 2.89 bits per heavy atom. The zero-order valence-electron chi connectivity index (χ0n) is 15.6. The Hall–Kier alpha value is -2.38. The van der Waals surface area contributed by atoms with Crippen LogP contribution in [0.5, 0.6) is 5.75 Å². The molecule has 3 aromatic rings. The lowest BCUT2D eigenvalue weighted by atomic mass is 9.97. The summed E-state index contributed by atoms with van der Waals surface area (Å²) in [5.74, 6) is 0.217. The van der Waals surface area contributed by atoms with Crippen molar-refractivity contribution >= 4 is 44.7 Å². The van der Waals surface area contributed by atoms with Gasteiger partial charge in [0.2, 0.25) is 5.91 Å². The van der Waals surface area contributed by atoms with E-state index >= 15 is 0 Å². The molecule has 1 aromatic carbocycles. The second-order valence-electron chi connectivity index (χ2n) is 6.86. The number of aryl methyl sites for hydroxylation is 2. The van der Waals surface area contributed by atoms with E-state index in [1.165, 1.54) is 22.9 Å². The zero-order valence-corrected chi connectivity index (χ0v) is 17.2. The molecule has 0 spiro atoms. The minimum atomic E-state index is -0.704. The van der Waals surface area contributed by atoms with Crippen LogP contribution in [0.15, 0.2) is 29.3 Å². The summed E-state index contributed by atoms with van der Waals surface area (Å²) in [5.41, 5.74) is 1.50. The summed E-state index contributed by atoms with van der Waals surface area (Å²) < 4.78 is 6.53.